The molecule has 1 aromatic carbocycles. The van der Waals surface area contributed by atoms with Crippen LogP contribution in [0, 0.1) is 17.2 Å². The Hall–Kier alpha value is -1.70. The number of nitrogens with one attached hydrogen (secondary N) is 1. The van der Waals surface area contributed by atoms with Crippen LogP contribution in [0.3, 0.4) is 0 Å². The molecule has 19 heavy (non-hydrogen) atoms. The van der Waals surface area contributed by atoms with Gasteiger partial charge in [0.2, 0.25) is 0 Å². The van der Waals surface area contributed by atoms with Gasteiger partial charge in [-0.1, -0.05) is 6.42 Å². The van der Waals surface area contributed by atoms with Crippen LogP contribution in [0.5, 0.6) is 0 Å². The van der Waals surface area contributed by atoms with Crippen molar-refractivity contribution in [3.05, 3.63) is 29.3 Å². The first-order valence-electron chi connectivity index (χ1n) is 6.29. The largest absolute Gasteiger partial charge is 0.416 e. The molecule has 0 heterocycles. The molecule has 2 nitrogen and oxygen atoms in total. The smallest absolute Gasteiger partial charge is 0.381 e. The molecule has 0 spiro atoms. The van der Waals surface area contributed by atoms with Crippen molar-refractivity contribution in [1.82, 2.24) is 0 Å². The molecule has 1 unspecified atom stereocenters. The monoisotopic (exact) mass is 268 g/mol. The van der Waals surface area contributed by atoms with Crippen LogP contribution in [0.25, 0.3) is 0 Å². The summed E-state index contributed by atoms with van der Waals surface area (Å²) < 4.78 is 37.7. The number of alkyl halides is 3. The molecule has 0 aliphatic heterocycles. The van der Waals surface area contributed by atoms with Crippen LogP contribution in [0.15, 0.2) is 18.2 Å². The Morgan fingerprint density at radius 3 is 2.53 bits per heavy atom. The van der Waals surface area contributed by atoms with Crippen molar-refractivity contribution in [2.45, 2.75) is 38.4 Å². The molecule has 0 saturated heterocycles. The van der Waals surface area contributed by atoms with Gasteiger partial charge in [-0.25, -0.2) is 0 Å². The number of benzene rings is 1. The van der Waals surface area contributed by atoms with Crippen molar-refractivity contribution in [3.63, 3.8) is 0 Å². The van der Waals surface area contributed by atoms with Gasteiger partial charge in [0.05, 0.1) is 16.8 Å². The second kappa shape index (κ2) is 5.12. The van der Waals surface area contributed by atoms with Crippen molar-refractivity contribution in [2.75, 3.05) is 5.32 Å². The first-order valence-corrected chi connectivity index (χ1v) is 6.29. The normalized spacial score (nSPS) is 17.4. The molecule has 1 atom stereocenters. The van der Waals surface area contributed by atoms with Crippen molar-refractivity contribution in [1.29, 1.82) is 5.26 Å². The summed E-state index contributed by atoms with van der Waals surface area (Å²) in [5.41, 5.74) is -0.262. The van der Waals surface area contributed by atoms with Crippen LogP contribution in [0.1, 0.15) is 37.3 Å². The molecular weight excluding hydrogens is 253 g/mol. The van der Waals surface area contributed by atoms with Crippen molar-refractivity contribution in [3.8, 4) is 6.07 Å². The quantitative estimate of drug-likeness (QED) is 0.892. The zero-order valence-electron chi connectivity index (χ0n) is 10.6. The molecule has 1 N–H and O–H groups in total. The Bertz CT molecular complexity index is 498. The van der Waals surface area contributed by atoms with Gasteiger partial charge in [-0.15, -0.1) is 0 Å². The highest BCUT2D eigenvalue weighted by atomic mass is 19.4. The van der Waals surface area contributed by atoms with Gasteiger partial charge in [0.1, 0.15) is 6.07 Å². The van der Waals surface area contributed by atoms with E-state index in [0.29, 0.717) is 11.6 Å². The van der Waals surface area contributed by atoms with Gasteiger partial charge in [-0.3, -0.25) is 0 Å². The fraction of sp³-hybridized carbons (Fsp3) is 0.500. The van der Waals surface area contributed by atoms with E-state index in [1.54, 1.807) is 0 Å². The van der Waals surface area contributed by atoms with E-state index >= 15 is 0 Å². The van der Waals surface area contributed by atoms with Gasteiger partial charge < -0.3 is 5.32 Å². The molecule has 5 heteroatoms. The first kappa shape index (κ1) is 13.7. The van der Waals surface area contributed by atoms with Crippen LogP contribution in [-0.4, -0.2) is 6.04 Å². The molecule has 1 aliphatic carbocycles. The zero-order chi connectivity index (χ0) is 14.0. The van der Waals surface area contributed by atoms with E-state index < -0.39 is 11.7 Å². The third-order valence-electron chi connectivity index (χ3n) is 3.71. The highest BCUT2D eigenvalue weighted by molar-refractivity contribution is 5.59. The summed E-state index contributed by atoms with van der Waals surface area (Å²) in [7, 11) is 0. The average molecular weight is 268 g/mol. The number of anilines is 1. The maximum atomic E-state index is 12.6. The van der Waals surface area contributed by atoms with Crippen molar-refractivity contribution < 1.29 is 13.2 Å². The summed E-state index contributed by atoms with van der Waals surface area (Å²) >= 11 is 0. The third kappa shape index (κ3) is 3.01. The summed E-state index contributed by atoms with van der Waals surface area (Å²) in [6.07, 6.45) is -0.939. The van der Waals surface area contributed by atoms with Crippen molar-refractivity contribution >= 4 is 5.69 Å². The van der Waals surface area contributed by atoms with E-state index in [-0.39, 0.29) is 11.6 Å². The topological polar surface area (TPSA) is 35.8 Å². The lowest BCUT2D eigenvalue weighted by molar-refractivity contribution is -0.137. The number of hydrogen-bond acceptors (Lipinski definition) is 2. The van der Waals surface area contributed by atoms with E-state index in [4.69, 9.17) is 5.26 Å². The summed E-state index contributed by atoms with van der Waals surface area (Å²) in [6.45, 7) is 2.00. The van der Waals surface area contributed by atoms with Crippen LogP contribution < -0.4 is 5.32 Å². The van der Waals surface area contributed by atoms with Crippen LogP contribution in [-0.2, 0) is 6.18 Å². The maximum Gasteiger partial charge on any atom is 0.416 e. The van der Waals surface area contributed by atoms with Crippen LogP contribution in [0.2, 0.25) is 0 Å². The Morgan fingerprint density at radius 2 is 2.05 bits per heavy atom. The fourth-order valence-corrected chi connectivity index (χ4v) is 2.24. The minimum absolute atomic E-state index is 0.0426. The molecule has 2 rings (SSSR count). The molecule has 1 fully saturated rings. The second-order valence-electron chi connectivity index (χ2n) is 4.99. The lowest BCUT2D eigenvalue weighted by Gasteiger charge is -2.32. The van der Waals surface area contributed by atoms with Gasteiger partial charge in [0, 0.05) is 6.04 Å². The van der Waals surface area contributed by atoms with E-state index in [2.05, 4.69) is 5.32 Å². The molecule has 0 aromatic heterocycles. The highest BCUT2D eigenvalue weighted by Gasteiger charge is 2.31. The number of rotatable bonds is 3. The summed E-state index contributed by atoms with van der Waals surface area (Å²) in [6, 6.07) is 5.26. The Balaban J connectivity index is 2.19. The third-order valence-corrected chi connectivity index (χ3v) is 3.71. The molecular formula is C14H15F3N2. The number of nitrogens with zero attached hydrogens (tertiary/aromatic N) is 1. The molecule has 1 aromatic rings. The molecule has 1 saturated carbocycles. The fourth-order valence-electron chi connectivity index (χ4n) is 2.24. The number of hydrogen-bond donors (Lipinski definition) is 1. The average Bonchev–Trinajstić information content (AvgIpc) is 2.25. The molecule has 0 radical (unpaired) electrons. The minimum Gasteiger partial charge on any atom is -0.381 e. The second-order valence-corrected chi connectivity index (χ2v) is 4.99. The van der Waals surface area contributed by atoms with Gasteiger partial charge in [0.15, 0.2) is 0 Å². The Morgan fingerprint density at radius 1 is 1.37 bits per heavy atom. The van der Waals surface area contributed by atoms with Crippen molar-refractivity contribution in [2.24, 2.45) is 5.92 Å². The van der Waals surface area contributed by atoms with E-state index in [9.17, 15) is 13.2 Å². The summed E-state index contributed by atoms with van der Waals surface area (Å²) in [5.74, 6) is 0.550. The lowest BCUT2D eigenvalue weighted by atomic mass is 9.80. The predicted molar refractivity (Wildman–Crippen MR) is 66.6 cm³/mol. The van der Waals surface area contributed by atoms with E-state index in [1.165, 1.54) is 12.5 Å². The molecule has 0 amide bonds. The number of halogens is 3. The van der Waals surface area contributed by atoms with Gasteiger partial charge in [-0.05, 0) is 43.9 Å². The highest BCUT2D eigenvalue weighted by Crippen LogP contribution is 2.34. The maximum absolute atomic E-state index is 12.6. The number of nitriles is 1. The van der Waals surface area contributed by atoms with E-state index in [1.807, 2.05) is 13.0 Å². The molecule has 0 bridgehead atoms. The van der Waals surface area contributed by atoms with Gasteiger partial charge >= 0.3 is 6.18 Å². The molecule has 1 aliphatic rings. The van der Waals surface area contributed by atoms with Gasteiger partial charge in [-0.2, -0.15) is 18.4 Å². The van der Waals surface area contributed by atoms with Crippen LogP contribution in [0.4, 0.5) is 18.9 Å². The Kier molecular flexibility index (Phi) is 3.70. The molecule has 102 valence electrons. The predicted octanol–water partition coefficient (Wildman–Crippen LogP) is 4.18. The first-order chi connectivity index (χ1) is 8.91. The minimum atomic E-state index is -4.41. The Labute approximate surface area is 110 Å². The van der Waals surface area contributed by atoms with Gasteiger partial charge in [0.25, 0.3) is 0 Å². The summed E-state index contributed by atoms with van der Waals surface area (Å²) in [4.78, 5) is 0. The SMILES string of the molecule is CC(Nc1ccc(C(F)(F)F)cc1C#N)C1CCC1. The standard InChI is InChI=1S/C14H15F3N2/c1-9(10-3-2-4-10)19-13-6-5-12(14(15,16)17)7-11(13)8-18/h5-7,9-10,19H,2-4H2,1H3. The van der Waals surface area contributed by atoms with E-state index in [0.717, 1.165) is 25.0 Å². The zero-order valence-corrected chi connectivity index (χ0v) is 10.6. The van der Waals surface area contributed by atoms with Crippen LogP contribution >= 0.6 is 0 Å². The summed E-state index contributed by atoms with van der Waals surface area (Å²) in [5, 5.41) is 12.1. The lowest BCUT2D eigenvalue weighted by Crippen LogP contribution is -2.31.